The Hall–Kier alpha value is -3.84. The van der Waals surface area contributed by atoms with Gasteiger partial charge >= 0.3 is 0 Å². The Bertz CT molecular complexity index is 1420. The number of rotatable bonds is 7. The number of aromatic nitrogens is 2. The molecule has 2 aromatic carbocycles. The van der Waals surface area contributed by atoms with Gasteiger partial charge in [0.05, 0.1) is 16.7 Å². The van der Waals surface area contributed by atoms with Gasteiger partial charge in [0.25, 0.3) is 11.8 Å². The van der Waals surface area contributed by atoms with Crippen LogP contribution in [-0.2, 0) is 16.1 Å². The summed E-state index contributed by atoms with van der Waals surface area (Å²) in [6.07, 6.45) is 4.79. The maximum atomic E-state index is 13.2. The van der Waals surface area contributed by atoms with Crippen molar-refractivity contribution in [2.24, 2.45) is 0 Å². The zero-order chi connectivity index (χ0) is 23.1. The van der Waals surface area contributed by atoms with E-state index in [9.17, 15) is 9.59 Å². The first-order chi connectivity index (χ1) is 16.0. The number of anilines is 1. The van der Waals surface area contributed by atoms with Crippen molar-refractivity contribution in [1.29, 1.82) is 0 Å². The van der Waals surface area contributed by atoms with Gasteiger partial charge in [0.2, 0.25) is 0 Å². The zero-order valence-corrected chi connectivity index (χ0v) is 19.0. The first-order valence-corrected chi connectivity index (χ1v) is 11.1. The number of carbonyl (C=O) groups is 2. The van der Waals surface area contributed by atoms with Crippen LogP contribution in [0.25, 0.3) is 33.0 Å². The van der Waals surface area contributed by atoms with Crippen molar-refractivity contribution in [3.8, 4) is 0 Å². The van der Waals surface area contributed by atoms with E-state index < -0.39 is 0 Å². The molecule has 5 rings (SSSR count). The highest BCUT2D eigenvalue weighted by atomic mass is 16.2. The van der Waals surface area contributed by atoms with E-state index in [0.29, 0.717) is 11.1 Å². The number of para-hydroxylation sites is 1. The van der Waals surface area contributed by atoms with E-state index in [2.05, 4.69) is 26.3 Å². The van der Waals surface area contributed by atoms with Crippen LogP contribution in [0.3, 0.4) is 0 Å². The molecule has 0 aliphatic carbocycles. The molecule has 7 heteroatoms. The van der Waals surface area contributed by atoms with Gasteiger partial charge < -0.3 is 19.8 Å². The lowest BCUT2D eigenvalue weighted by Crippen LogP contribution is -2.22. The second-order valence-electron chi connectivity index (χ2n) is 8.54. The van der Waals surface area contributed by atoms with Crippen molar-refractivity contribution in [3.63, 3.8) is 0 Å². The van der Waals surface area contributed by atoms with Gasteiger partial charge in [-0.25, -0.2) is 0 Å². The van der Waals surface area contributed by atoms with Gasteiger partial charge in [-0.1, -0.05) is 24.3 Å². The number of H-pyrrole nitrogens is 1. The van der Waals surface area contributed by atoms with Crippen molar-refractivity contribution in [2.75, 3.05) is 32.6 Å². The summed E-state index contributed by atoms with van der Waals surface area (Å²) in [4.78, 5) is 31.5. The third kappa shape index (κ3) is 3.41. The number of amides is 2. The molecule has 168 valence electrons. The predicted octanol–water partition coefficient (Wildman–Crippen LogP) is 3.37. The quantitative estimate of drug-likeness (QED) is 0.303. The van der Waals surface area contributed by atoms with Crippen molar-refractivity contribution in [1.82, 2.24) is 20.2 Å². The smallest absolute Gasteiger partial charge is 0.259 e. The molecule has 0 spiro atoms. The number of hydrogen-bond donors (Lipinski definition) is 3. The van der Waals surface area contributed by atoms with E-state index in [0.717, 1.165) is 58.1 Å². The van der Waals surface area contributed by atoms with Crippen LogP contribution in [0.4, 0.5) is 5.69 Å². The standard InChI is InChI=1S/C26H27N5O2/c1-27-12-7-13-31-15-18(22-20(30(2)3)10-6-11-21(22)31)24-23(25(32)29-26(24)33)17-14-28-19-9-5-4-8-16(17)19/h4-6,8-11,14-15,27-28H,7,12-13H2,1-3H3,(H,29,32,33). The largest absolute Gasteiger partial charge is 0.377 e. The average Bonchev–Trinajstić information content (AvgIpc) is 3.46. The fourth-order valence-electron chi connectivity index (χ4n) is 4.75. The maximum Gasteiger partial charge on any atom is 0.259 e. The van der Waals surface area contributed by atoms with Gasteiger partial charge in [-0.05, 0) is 38.2 Å². The lowest BCUT2D eigenvalue weighted by atomic mass is 9.95. The Kier molecular flexibility index (Phi) is 5.26. The topological polar surface area (TPSA) is 82.2 Å². The van der Waals surface area contributed by atoms with Gasteiger partial charge in [-0.2, -0.15) is 0 Å². The van der Waals surface area contributed by atoms with E-state index in [1.807, 2.05) is 74.8 Å². The molecule has 3 N–H and O–H groups in total. The van der Waals surface area contributed by atoms with Crippen LogP contribution < -0.4 is 15.5 Å². The number of nitrogens with zero attached hydrogens (tertiary/aromatic N) is 2. The Morgan fingerprint density at radius 2 is 1.73 bits per heavy atom. The molecule has 0 unspecified atom stereocenters. The molecular formula is C26H27N5O2. The van der Waals surface area contributed by atoms with E-state index in [1.54, 1.807) is 0 Å². The van der Waals surface area contributed by atoms with Crippen molar-refractivity contribution in [3.05, 3.63) is 66.0 Å². The van der Waals surface area contributed by atoms with Gasteiger partial charge in [0, 0.05) is 66.1 Å². The number of benzene rings is 2. The third-order valence-electron chi connectivity index (χ3n) is 6.25. The molecule has 0 saturated carbocycles. The highest BCUT2D eigenvalue weighted by Crippen LogP contribution is 2.41. The van der Waals surface area contributed by atoms with Gasteiger partial charge in [0.1, 0.15) is 0 Å². The Morgan fingerprint density at radius 1 is 0.970 bits per heavy atom. The Labute approximate surface area is 192 Å². The highest BCUT2D eigenvalue weighted by Gasteiger charge is 2.35. The first kappa shape index (κ1) is 21.0. The summed E-state index contributed by atoms with van der Waals surface area (Å²) in [5.41, 5.74) is 5.34. The SMILES string of the molecule is CNCCCn1cc(C2=C(c3c[nH]c4ccccc34)C(=O)NC2=O)c2c(N(C)C)cccc21. The molecule has 2 aromatic heterocycles. The molecule has 0 radical (unpaired) electrons. The minimum absolute atomic E-state index is 0.358. The third-order valence-corrected chi connectivity index (χ3v) is 6.25. The Balaban J connectivity index is 1.80. The van der Waals surface area contributed by atoms with Crippen LogP contribution in [0.5, 0.6) is 0 Å². The lowest BCUT2D eigenvalue weighted by molar-refractivity contribution is -0.122. The summed E-state index contributed by atoms with van der Waals surface area (Å²) in [6, 6.07) is 14.0. The van der Waals surface area contributed by atoms with Gasteiger partial charge in [-0.3, -0.25) is 14.9 Å². The fourth-order valence-corrected chi connectivity index (χ4v) is 4.75. The van der Waals surface area contributed by atoms with Crippen LogP contribution in [0, 0.1) is 0 Å². The summed E-state index contributed by atoms with van der Waals surface area (Å²) < 4.78 is 2.19. The minimum Gasteiger partial charge on any atom is -0.377 e. The normalized spacial score (nSPS) is 14.0. The van der Waals surface area contributed by atoms with E-state index in [1.165, 1.54) is 0 Å². The molecule has 0 fully saturated rings. The molecule has 0 bridgehead atoms. The number of carbonyl (C=O) groups excluding carboxylic acids is 2. The molecule has 3 heterocycles. The van der Waals surface area contributed by atoms with Crippen molar-refractivity contribution in [2.45, 2.75) is 13.0 Å². The summed E-state index contributed by atoms with van der Waals surface area (Å²) >= 11 is 0. The van der Waals surface area contributed by atoms with Crippen LogP contribution >= 0.6 is 0 Å². The summed E-state index contributed by atoms with van der Waals surface area (Å²) in [5.74, 6) is -0.721. The molecule has 4 aromatic rings. The second kappa shape index (κ2) is 8.26. The van der Waals surface area contributed by atoms with Crippen molar-refractivity contribution >= 4 is 50.5 Å². The number of fused-ring (bicyclic) bond motifs is 2. The number of imide groups is 1. The fraction of sp³-hybridized carbons (Fsp3) is 0.231. The molecule has 0 atom stereocenters. The predicted molar refractivity (Wildman–Crippen MR) is 133 cm³/mol. The number of nitrogens with one attached hydrogen (secondary N) is 3. The van der Waals surface area contributed by atoms with Gasteiger partial charge in [-0.15, -0.1) is 0 Å². The van der Waals surface area contributed by atoms with Crippen LogP contribution in [0.15, 0.2) is 54.9 Å². The van der Waals surface area contributed by atoms with Crippen molar-refractivity contribution < 1.29 is 9.59 Å². The lowest BCUT2D eigenvalue weighted by Gasteiger charge is -2.15. The van der Waals surface area contributed by atoms with E-state index in [4.69, 9.17) is 0 Å². The molecule has 1 aliphatic heterocycles. The van der Waals surface area contributed by atoms with Crippen LogP contribution in [0.1, 0.15) is 17.5 Å². The Morgan fingerprint density at radius 3 is 2.48 bits per heavy atom. The van der Waals surface area contributed by atoms with E-state index in [-0.39, 0.29) is 11.8 Å². The molecule has 1 aliphatic rings. The molecule has 7 nitrogen and oxygen atoms in total. The number of aromatic amines is 1. The van der Waals surface area contributed by atoms with Crippen LogP contribution in [-0.4, -0.2) is 49.1 Å². The van der Waals surface area contributed by atoms with Gasteiger partial charge in [0.15, 0.2) is 0 Å². The summed E-state index contributed by atoms with van der Waals surface area (Å²) in [7, 11) is 5.92. The molecule has 33 heavy (non-hydrogen) atoms. The highest BCUT2D eigenvalue weighted by molar-refractivity contribution is 6.51. The molecular weight excluding hydrogens is 414 g/mol. The second-order valence-corrected chi connectivity index (χ2v) is 8.54. The monoisotopic (exact) mass is 441 g/mol. The first-order valence-electron chi connectivity index (χ1n) is 11.1. The van der Waals surface area contributed by atoms with E-state index >= 15 is 0 Å². The summed E-state index contributed by atoms with van der Waals surface area (Å²) in [6.45, 7) is 1.70. The molecule has 2 amide bonds. The summed E-state index contributed by atoms with van der Waals surface area (Å²) in [5, 5.41) is 7.63. The minimum atomic E-state index is -0.363. The van der Waals surface area contributed by atoms with Crippen LogP contribution in [0.2, 0.25) is 0 Å². The maximum absolute atomic E-state index is 13.2. The zero-order valence-electron chi connectivity index (χ0n) is 19.0. The number of hydrogen-bond acceptors (Lipinski definition) is 4. The number of aryl methyl sites for hydroxylation is 1. The molecule has 0 saturated heterocycles. The average molecular weight is 442 g/mol.